The number of hydrogen-bond acceptors (Lipinski definition) is 2. The fraction of sp³-hybridized carbons (Fsp3) is 0.167. The number of aliphatic hydroxyl groups excluding tert-OH is 1. The largest absolute Gasteiger partial charge is 3.00 e. The van der Waals surface area contributed by atoms with E-state index in [4.69, 9.17) is 0 Å². The van der Waals surface area contributed by atoms with Crippen LogP contribution < -0.4 is 0 Å². The number of carbonyl (C=O) groups excluding carboxylic acids is 1. The number of aryl methyl sites for hydroxylation is 2. The standard InChI is InChI=1S/C18H15O2.Y/c1-12-7-9-15-14(11-12)8-10-16(19)17(15)18(20)13-5-3-2-4-6-13;/h3-7,9,11,20H,8,10H2,1H3;/q-1;+3/b18-17+;. The maximum atomic E-state index is 12.2. The summed E-state index contributed by atoms with van der Waals surface area (Å²) in [5.41, 5.74) is 4.26. The Hall–Kier alpha value is -1.25. The smallest absolute Gasteiger partial charge is 0.509 e. The number of fused-ring (bicyclic) bond motifs is 1. The number of ketones is 1. The summed E-state index contributed by atoms with van der Waals surface area (Å²) in [5, 5.41) is 10.5. The van der Waals surface area contributed by atoms with E-state index in [1.807, 2.05) is 19.1 Å². The van der Waals surface area contributed by atoms with E-state index in [2.05, 4.69) is 12.1 Å². The van der Waals surface area contributed by atoms with Gasteiger partial charge in [0.15, 0.2) is 5.78 Å². The molecular formula is C18H15O2Y+2. The van der Waals surface area contributed by atoms with E-state index in [0.717, 1.165) is 17.5 Å². The molecule has 3 rings (SSSR count). The van der Waals surface area contributed by atoms with Crippen LogP contribution in [0.1, 0.15) is 28.7 Å². The molecule has 0 fully saturated rings. The van der Waals surface area contributed by atoms with Crippen LogP contribution in [0.5, 0.6) is 0 Å². The first-order valence-corrected chi connectivity index (χ1v) is 6.69. The van der Waals surface area contributed by atoms with Crippen molar-refractivity contribution in [1.82, 2.24) is 0 Å². The number of benzene rings is 2. The Morgan fingerprint density at radius 1 is 1.14 bits per heavy atom. The predicted molar refractivity (Wildman–Crippen MR) is 79.2 cm³/mol. The van der Waals surface area contributed by atoms with Crippen LogP contribution in [0.25, 0.3) is 11.3 Å². The quantitative estimate of drug-likeness (QED) is 0.482. The van der Waals surface area contributed by atoms with Crippen LogP contribution in [0.4, 0.5) is 0 Å². The summed E-state index contributed by atoms with van der Waals surface area (Å²) in [7, 11) is 0. The molecule has 0 atom stereocenters. The summed E-state index contributed by atoms with van der Waals surface area (Å²) in [4.78, 5) is 12.2. The number of Topliss-reactive ketones (excluding diaryl/α,β-unsaturated/α-hetero) is 1. The van der Waals surface area contributed by atoms with Crippen molar-refractivity contribution in [3.63, 3.8) is 0 Å². The van der Waals surface area contributed by atoms with Gasteiger partial charge in [0.05, 0.1) is 5.57 Å². The average molecular weight is 352 g/mol. The Balaban J connectivity index is 0.00000161. The van der Waals surface area contributed by atoms with Gasteiger partial charge >= 0.3 is 32.7 Å². The van der Waals surface area contributed by atoms with Crippen LogP contribution in [0.2, 0.25) is 0 Å². The topological polar surface area (TPSA) is 37.3 Å². The van der Waals surface area contributed by atoms with Gasteiger partial charge in [-0.25, -0.2) is 0 Å². The number of aliphatic hydroxyl groups is 1. The zero-order valence-corrected chi connectivity index (χ0v) is 14.7. The first-order chi connectivity index (χ1) is 9.66. The molecule has 2 nitrogen and oxygen atoms in total. The fourth-order valence-electron chi connectivity index (χ4n) is 2.65. The van der Waals surface area contributed by atoms with Crippen molar-refractivity contribution in [2.24, 2.45) is 0 Å². The van der Waals surface area contributed by atoms with Gasteiger partial charge < -0.3 is 5.11 Å². The van der Waals surface area contributed by atoms with Crippen molar-refractivity contribution in [2.45, 2.75) is 19.8 Å². The fourth-order valence-corrected chi connectivity index (χ4v) is 2.65. The maximum absolute atomic E-state index is 12.2. The molecular weight excluding hydrogens is 337 g/mol. The van der Waals surface area contributed by atoms with Gasteiger partial charge in [-0.2, -0.15) is 30.3 Å². The molecule has 0 aromatic heterocycles. The summed E-state index contributed by atoms with van der Waals surface area (Å²) in [6, 6.07) is 15.9. The molecule has 1 aliphatic rings. The number of rotatable bonds is 1. The summed E-state index contributed by atoms with van der Waals surface area (Å²) < 4.78 is 0. The second-order valence-electron chi connectivity index (χ2n) is 5.10. The number of allylic oxidation sites excluding steroid dienone is 1. The number of carbonyl (C=O) groups is 1. The molecule has 0 radical (unpaired) electrons. The molecule has 0 bridgehead atoms. The zero-order valence-electron chi connectivity index (χ0n) is 11.9. The summed E-state index contributed by atoms with van der Waals surface area (Å²) >= 11 is 0. The van der Waals surface area contributed by atoms with Gasteiger partial charge in [0.1, 0.15) is 5.76 Å². The van der Waals surface area contributed by atoms with E-state index in [9.17, 15) is 9.90 Å². The summed E-state index contributed by atoms with van der Waals surface area (Å²) in [6.45, 7) is 2.03. The van der Waals surface area contributed by atoms with E-state index < -0.39 is 0 Å². The average Bonchev–Trinajstić information content (AvgIpc) is 2.48. The van der Waals surface area contributed by atoms with Crippen molar-refractivity contribution in [3.05, 3.63) is 70.8 Å². The minimum absolute atomic E-state index is 0. The number of hydrogen-bond donors (Lipinski definition) is 1. The second kappa shape index (κ2) is 6.68. The third-order valence-electron chi connectivity index (χ3n) is 3.66. The molecule has 2 aromatic carbocycles. The third-order valence-corrected chi connectivity index (χ3v) is 3.66. The van der Waals surface area contributed by atoms with Crippen LogP contribution in [0.3, 0.4) is 0 Å². The Kier molecular flexibility index (Phi) is 5.13. The van der Waals surface area contributed by atoms with Crippen LogP contribution in [0.15, 0.2) is 42.5 Å². The molecule has 0 aliphatic heterocycles. The van der Waals surface area contributed by atoms with E-state index >= 15 is 0 Å². The van der Waals surface area contributed by atoms with E-state index in [0.29, 0.717) is 17.6 Å². The molecule has 0 spiro atoms. The normalized spacial score (nSPS) is 16.0. The summed E-state index contributed by atoms with van der Waals surface area (Å²) in [5.74, 6) is 0.0699. The minimum atomic E-state index is 0. The van der Waals surface area contributed by atoms with Crippen molar-refractivity contribution in [2.75, 3.05) is 0 Å². The molecule has 1 N–H and O–H groups in total. The van der Waals surface area contributed by atoms with Crippen molar-refractivity contribution < 1.29 is 42.6 Å². The van der Waals surface area contributed by atoms with Gasteiger partial charge in [0.2, 0.25) is 0 Å². The van der Waals surface area contributed by atoms with Gasteiger partial charge in [0, 0.05) is 6.42 Å². The minimum Gasteiger partial charge on any atom is -0.509 e. The van der Waals surface area contributed by atoms with Crippen molar-refractivity contribution >= 4 is 17.1 Å². The molecule has 100 valence electrons. The zero-order chi connectivity index (χ0) is 14.1. The molecule has 1 aliphatic carbocycles. The van der Waals surface area contributed by atoms with Crippen LogP contribution in [-0.4, -0.2) is 10.9 Å². The molecule has 0 amide bonds. The van der Waals surface area contributed by atoms with Gasteiger partial charge in [0.25, 0.3) is 0 Å². The van der Waals surface area contributed by atoms with Gasteiger partial charge in [-0.1, -0.05) is 29.3 Å². The van der Waals surface area contributed by atoms with Gasteiger partial charge in [-0.3, -0.25) is 4.79 Å². The molecule has 0 unspecified atom stereocenters. The maximum Gasteiger partial charge on any atom is 3.00 e. The molecule has 2 aromatic rings. The van der Waals surface area contributed by atoms with Crippen molar-refractivity contribution in [1.29, 1.82) is 0 Å². The molecule has 21 heavy (non-hydrogen) atoms. The first kappa shape index (κ1) is 16.1. The Labute approximate surface area is 149 Å². The molecule has 0 saturated heterocycles. The van der Waals surface area contributed by atoms with E-state index in [-0.39, 0.29) is 44.3 Å². The van der Waals surface area contributed by atoms with E-state index in [1.54, 1.807) is 24.3 Å². The Bertz CT molecular complexity index is 702. The Morgan fingerprint density at radius 2 is 1.86 bits per heavy atom. The van der Waals surface area contributed by atoms with E-state index in [1.165, 1.54) is 5.56 Å². The molecule has 0 saturated carbocycles. The predicted octanol–water partition coefficient (Wildman–Crippen LogP) is 3.73. The third kappa shape index (κ3) is 3.17. The second-order valence-corrected chi connectivity index (χ2v) is 5.10. The van der Waals surface area contributed by atoms with Gasteiger partial charge in [-0.15, -0.1) is 0 Å². The van der Waals surface area contributed by atoms with Crippen LogP contribution >= 0.6 is 0 Å². The Morgan fingerprint density at radius 3 is 2.57 bits per heavy atom. The summed E-state index contributed by atoms with van der Waals surface area (Å²) in [6.07, 6.45) is 1.20. The van der Waals surface area contributed by atoms with Crippen LogP contribution in [-0.2, 0) is 43.9 Å². The SMILES string of the molecule is Cc1ccc2c(c1)CCC(=O)/C2=C(/O)c1cc[c-]cc1.[Y+3]. The first-order valence-electron chi connectivity index (χ1n) is 6.69. The molecule has 0 heterocycles. The van der Waals surface area contributed by atoms with Crippen molar-refractivity contribution in [3.8, 4) is 0 Å². The van der Waals surface area contributed by atoms with Crippen LogP contribution in [0, 0.1) is 13.0 Å². The van der Waals surface area contributed by atoms with Gasteiger partial charge in [-0.05, 0) is 24.5 Å². The monoisotopic (exact) mass is 352 g/mol. The molecule has 3 heteroatoms.